The monoisotopic (exact) mass is 245 g/mol. The second-order valence-electron chi connectivity index (χ2n) is 3.93. The molecule has 3 nitrogen and oxygen atoms in total. The molecule has 0 bridgehead atoms. The van der Waals surface area contributed by atoms with Crippen LogP contribution in [-0.2, 0) is 0 Å². The molecule has 0 amide bonds. The second-order valence-corrected chi connectivity index (χ2v) is 3.93. The number of nitrogens with zero attached hydrogens (tertiary/aromatic N) is 2. The van der Waals surface area contributed by atoms with E-state index < -0.39 is 0 Å². The molecule has 0 unspecified atom stereocenters. The molecule has 0 heterocycles. The predicted octanol–water partition coefficient (Wildman–Crippen LogP) is 1.95. The molecule has 0 atom stereocenters. The number of amidine groups is 2. The normalized spacial score (nSPS) is 11.1. The summed E-state index contributed by atoms with van der Waals surface area (Å²) in [5, 5.41) is 7.96. The van der Waals surface area contributed by atoms with E-state index in [2.05, 4.69) is 16.7 Å². The lowest BCUT2D eigenvalue weighted by molar-refractivity contribution is 1.40. The van der Waals surface area contributed by atoms with E-state index in [9.17, 15) is 0 Å². The minimum Gasteiger partial charge on any atom is -0.282 e. The van der Waals surface area contributed by atoms with Crippen LogP contribution < -0.4 is 5.46 Å². The summed E-state index contributed by atoms with van der Waals surface area (Å²) in [6.07, 6.45) is 0. The Morgan fingerprint density at radius 1 is 0.947 bits per heavy atom. The van der Waals surface area contributed by atoms with Crippen LogP contribution in [0.4, 0.5) is 0 Å². The summed E-state index contributed by atoms with van der Waals surface area (Å²) in [6.45, 7) is 3.50. The Hall–Kier alpha value is -2.49. The summed E-state index contributed by atoms with van der Waals surface area (Å²) in [7, 11) is 5.63. The van der Waals surface area contributed by atoms with Crippen molar-refractivity contribution in [1.29, 1.82) is 5.41 Å². The molecule has 0 aromatic heterocycles. The molecule has 90 valence electrons. The Bertz CT molecular complexity index is 616. The maximum Gasteiger partial charge on any atom is 0.160 e. The summed E-state index contributed by atoms with van der Waals surface area (Å²) < 4.78 is 0. The third kappa shape index (κ3) is 3.25. The average molecular weight is 245 g/mol. The van der Waals surface area contributed by atoms with E-state index in [-0.39, 0.29) is 5.84 Å². The van der Waals surface area contributed by atoms with Gasteiger partial charge in [-0.2, -0.15) is 0 Å². The number of hydrogen-bond donors (Lipinski definition) is 1. The molecule has 0 saturated heterocycles. The van der Waals surface area contributed by atoms with Gasteiger partial charge in [0.15, 0.2) is 11.7 Å². The molecule has 2 aromatic carbocycles. The van der Waals surface area contributed by atoms with Gasteiger partial charge in [-0.1, -0.05) is 60.1 Å². The lowest BCUT2D eigenvalue weighted by atomic mass is 9.95. The van der Waals surface area contributed by atoms with E-state index in [0.29, 0.717) is 11.3 Å². The van der Waals surface area contributed by atoms with Crippen molar-refractivity contribution >= 4 is 31.7 Å². The van der Waals surface area contributed by atoms with Crippen LogP contribution in [0.15, 0.2) is 64.6 Å². The van der Waals surface area contributed by atoms with Gasteiger partial charge in [0.05, 0.1) is 0 Å². The third-order valence-corrected chi connectivity index (χ3v) is 2.58. The molecular weight excluding hydrogens is 233 g/mol. The number of nitrogens with one attached hydrogen (secondary N) is 1. The summed E-state index contributed by atoms with van der Waals surface area (Å²) in [5.74, 6) is 0.564. The summed E-state index contributed by atoms with van der Waals surface area (Å²) in [4.78, 5) is 8.07. The highest BCUT2D eigenvalue weighted by molar-refractivity contribution is 6.32. The number of aliphatic imine (C=N–C) groups is 2. The maximum absolute atomic E-state index is 7.96. The molecule has 0 fully saturated rings. The molecule has 0 aliphatic rings. The molecule has 0 aliphatic carbocycles. The van der Waals surface area contributed by atoms with E-state index in [1.807, 2.05) is 30.3 Å². The molecule has 2 aromatic rings. The van der Waals surface area contributed by atoms with Crippen molar-refractivity contribution in [2.75, 3.05) is 0 Å². The molecule has 4 heteroatoms. The van der Waals surface area contributed by atoms with Crippen LogP contribution >= 0.6 is 0 Å². The van der Waals surface area contributed by atoms with Crippen LogP contribution in [0, 0.1) is 5.41 Å². The molecular formula is C15H12BN3. The van der Waals surface area contributed by atoms with E-state index in [1.165, 1.54) is 0 Å². The first-order valence-corrected chi connectivity index (χ1v) is 5.76. The third-order valence-electron chi connectivity index (χ3n) is 2.58. The minimum absolute atomic E-state index is 0.153. The van der Waals surface area contributed by atoms with Gasteiger partial charge < -0.3 is 0 Å². The Morgan fingerprint density at radius 3 is 2.16 bits per heavy atom. The van der Waals surface area contributed by atoms with Gasteiger partial charge >= 0.3 is 0 Å². The smallest absolute Gasteiger partial charge is 0.160 e. The van der Waals surface area contributed by atoms with Crippen molar-refractivity contribution in [1.82, 2.24) is 0 Å². The van der Waals surface area contributed by atoms with Crippen molar-refractivity contribution in [2.45, 2.75) is 0 Å². The summed E-state index contributed by atoms with van der Waals surface area (Å²) in [6, 6.07) is 16.4. The zero-order valence-electron chi connectivity index (χ0n) is 10.4. The SMILES string of the molecule is [B]c1ccc(C(N=C)=NC(=N)c2ccccc2)cc1. The van der Waals surface area contributed by atoms with Gasteiger partial charge in [-0.15, -0.1) is 0 Å². The number of hydrogen-bond acceptors (Lipinski definition) is 1. The van der Waals surface area contributed by atoms with Crippen LogP contribution in [0.3, 0.4) is 0 Å². The van der Waals surface area contributed by atoms with E-state index in [0.717, 1.165) is 11.1 Å². The van der Waals surface area contributed by atoms with Crippen molar-refractivity contribution in [3.8, 4) is 0 Å². The van der Waals surface area contributed by atoms with E-state index in [1.54, 1.807) is 24.3 Å². The zero-order valence-corrected chi connectivity index (χ0v) is 10.4. The van der Waals surface area contributed by atoms with Gasteiger partial charge in [0.2, 0.25) is 0 Å². The molecule has 2 radical (unpaired) electrons. The first kappa shape index (κ1) is 13.0. The van der Waals surface area contributed by atoms with Gasteiger partial charge in [0.25, 0.3) is 0 Å². The Morgan fingerprint density at radius 2 is 1.58 bits per heavy atom. The standard InChI is InChI=1S/C15H12BN3/c1-18-15(12-7-9-13(16)10-8-12)19-14(17)11-5-3-2-4-6-11/h2-10,17H,1H2. The lowest BCUT2D eigenvalue weighted by Gasteiger charge is -2.03. The molecule has 0 saturated carbocycles. The highest BCUT2D eigenvalue weighted by Gasteiger charge is 2.04. The van der Waals surface area contributed by atoms with Gasteiger partial charge in [0.1, 0.15) is 7.85 Å². The molecule has 2 rings (SSSR count). The van der Waals surface area contributed by atoms with Crippen molar-refractivity contribution in [2.24, 2.45) is 9.98 Å². The van der Waals surface area contributed by atoms with E-state index >= 15 is 0 Å². The fourth-order valence-electron chi connectivity index (χ4n) is 1.59. The average Bonchev–Trinajstić information content (AvgIpc) is 2.46. The van der Waals surface area contributed by atoms with Crippen molar-refractivity contribution < 1.29 is 0 Å². The second kappa shape index (κ2) is 5.91. The molecule has 0 spiro atoms. The summed E-state index contributed by atoms with van der Waals surface area (Å²) >= 11 is 0. The highest BCUT2D eigenvalue weighted by atomic mass is 14.9. The highest BCUT2D eigenvalue weighted by Crippen LogP contribution is 2.05. The van der Waals surface area contributed by atoms with E-state index in [4.69, 9.17) is 13.3 Å². The first-order valence-electron chi connectivity index (χ1n) is 5.76. The molecule has 19 heavy (non-hydrogen) atoms. The van der Waals surface area contributed by atoms with Gasteiger partial charge in [-0.05, 0) is 6.72 Å². The maximum atomic E-state index is 7.96. The Kier molecular flexibility index (Phi) is 4.03. The van der Waals surface area contributed by atoms with Crippen LogP contribution in [0.25, 0.3) is 0 Å². The van der Waals surface area contributed by atoms with Crippen molar-refractivity contribution in [3.63, 3.8) is 0 Å². The van der Waals surface area contributed by atoms with Crippen LogP contribution in [0.1, 0.15) is 11.1 Å². The topological polar surface area (TPSA) is 48.6 Å². The molecule has 1 N–H and O–H groups in total. The minimum atomic E-state index is 0.153. The lowest BCUT2D eigenvalue weighted by Crippen LogP contribution is -2.06. The van der Waals surface area contributed by atoms with Gasteiger partial charge in [0, 0.05) is 11.1 Å². The quantitative estimate of drug-likeness (QED) is 0.477. The fraction of sp³-hybridized carbons (Fsp3) is 0. The van der Waals surface area contributed by atoms with Gasteiger partial charge in [-0.3, -0.25) is 5.41 Å². The van der Waals surface area contributed by atoms with Crippen LogP contribution in [0.2, 0.25) is 0 Å². The van der Waals surface area contributed by atoms with Crippen LogP contribution in [-0.4, -0.2) is 26.2 Å². The fourth-order valence-corrected chi connectivity index (χ4v) is 1.59. The number of rotatable bonds is 2. The predicted molar refractivity (Wildman–Crippen MR) is 81.2 cm³/mol. The Labute approximate surface area is 113 Å². The first-order chi connectivity index (χ1) is 9.20. The van der Waals surface area contributed by atoms with Crippen LogP contribution in [0.5, 0.6) is 0 Å². The van der Waals surface area contributed by atoms with Gasteiger partial charge in [-0.25, -0.2) is 9.98 Å². The largest absolute Gasteiger partial charge is 0.282 e. The summed E-state index contributed by atoms with van der Waals surface area (Å²) in [5.41, 5.74) is 2.19. The number of benzene rings is 2. The van der Waals surface area contributed by atoms with Crippen molar-refractivity contribution in [3.05, 3.63) is 65.7 Å². The molecule has 0 aliphatic heterocycles. The zero-order chi connectivity index (χ0) is 13.7. The Balaban J connectivity index is 2.32.